The minimum absolute atomic E-state index is 0.0504. The molecule has 1 unspecified atom stereocenters. The van der Waals surface area contributed by atoms with Crippen molar-refractivity contribution in [1.29, 1.82) is 0 Å². The summed E-state index contributed by atoms with van der Waals surface area (Å²) in [6.07, 6.45) is 3.09. The van der Waals surface area contributed by atoms with Crippen LogP contribution in [-0.4, -0.2) is 9.97 Å². The Morgan fingerprint density at radius 1 is 1.32 bits per heavy atom. The highest BCUT2D eigenvalue weighted by Gasteiger charge is 2.05. The van der Waals surface area contributed by atoms with Crippen molar-refractivity contribution < 1.29 is 4.42 Å². The first kappa shape index (κ1) is 14.6. The number of hydrogen-bond donors (Lipinski definition) is 1. The highest BCUT2D eigenvalue weighted by atomic mass is 32.1. The van der Waals surface area contributed by atoms with Gasteiger partial charge < -0.3 is 10.2 Å². The first-order chi connectivity index (χ1) is 10.7. The molecule has 0 aliphatic rings. The molecule has 0 fully saturated rings. The van der Waals surface area contributed by atoms with Crippen molar-refractivity contribution in [3.8, 4) is 11.3 Å². The van der Waals surface area contributed by atoms with Gasteiger partial charge >= 0.3 is 0 Å². The van der Waals surface area contributed by atoms with Crippen LogP contribution in [0.1, 0.15) is 23.7 Å². The van der Waals surface area contributed by atoms with E-state index in [-0.39, 0.29) is 6.04 Å². The lowest BCUT2D eigenvalue weighted by atomic mass is 10.2. The second kappa shape index (κ2) is 6.59. The van der Waals surface area contributed by atoms with Crippen molar-refractivity contribution in [2.24, 2.45) is 16.0 Å². The van der Waals surface area contributed by atoms with E-state index in [1.807, 2.05) is 36.6 Å². The highest BCUT2D eigenvalue weighted by Crippen LogP contribution is 2.22. The normalized spacial score (nSPS) is 12.8. The monoisotopic (exact) mass is 313 g/mol. The summed E-state index contributed by atoms with van der Waals surface area (Å²) in [5, 5.41) is 11.2. The molecule has 7 heteroatoms. The van der Waals surface area contributed by atoms with Crippen molar-refractivity contribution in [3.63, 3.8) is 0 Å². The molecule has 1 atom stereocenters. The van der Waals surface area contributed by atoms with Crippen LogP contribution >= 0.6 is 11.3 Å². The van der Waals surface area contributed by atoms with E-state index in [0.717, 1.165) is 27.7 Å². The Kier molecular flexibility index (Phi) is 4.36. The summed E-state index contributed by atoms with van der Waals surface area (Å²) in [6.45, 7) is 2.37. The van der Waals surface area contributed by atoms with Crippen molar-refractivity contribution in [1.82, 2.24) is 9.97 Å². The molecule has 22 heavy (non-hydrogen) atoms. The van der Waals surface area contributed by atoms with Crippen LogP contribution in [0.15, 0.2) is 56.9 Å². The number of hydrogen-bond acceptors (Lipinski definition) is 7. The van der Waals surface area contributed by atoms with Gasteiger partial charge in [-0.05, 0) is 31.2 Å². The quantitative estimate of drug-likeness (QED) is 0.718. The van der Waals surface area contributed by atoms with Gasteiger partial charge in [-0.2, -0.15) is 10.2 Å². The summed E-state index contributed by atoms with van der Waals surface area (Å²) >= 11 is 1.55. The number of rotatable bonds is 5. The molecule has 1 aromatic carbocycles. The lowest BCUT2D eigenvalue weighted by Gasteiger charge is -1.97. The number of oxazole rings is 1. The van der Waals surface area contributed by atoms with Gasteiger partial charge in [0.25, 0.3) is 0 Å². The van der Waals surface area contributed by atoms with Crippen LogP contribution in [-0.2, 0) is 6.54 Å². The molecule has 0 amide bonds. The minimum atomic E-state index is -0.0504. The predicted octanol–water partition coefficient (Wildman–Crippen LogP) is 4.10. The van der Waals surface area contributed by atoms with E-state index in [0.29, 0.717) is 6.54 Å². The van der Waals surface area contributed by atoms with Crippen LogP contribution in [0.2, 0.25) is 0 Å². The molecule has 6 nitrogen and oxygen atoms in total. The smallest absolute Gasteiger partial charge is 0.181 e. The standard InChI is InChI=1S/C15H15N5OS/c1-10(16)13-8-22-15(19-13)7-18-20-12-4-2-11(3-5-12)14-6-17-9-21-14/h2-6,8-10H,7,16H2,1H3. The van der Waals surface area contributed by atoms with Crippen LogP contribution in [0.25, 0.3) is 11.3 Å². The molecule has 0 aliphatic heterocycles. The zero-order chi connectivity index (χ0) is 15.4. The van der Waals surface area contributed by atoms with Crippen LogP contribution in [0, 0.1) is 0 Å². The summed E-state index contributed by atoms with van der Waals surface area (Å²) in [4.78, 5) is 8.30. The fraction of sp³-hybridized carbons (Fsp3) is 0.200. The Balaban J connectivity index is 1.62. The maximum absolute atomic E-state index is 5.78. The van der Waals surface area contributed by atoms with Gasteiger partial charge in [0.15, 0.2) is 12.2 Å². The molecule has 0 radical (unpaired) electrons. The van der Waals surface area contributed by atoms with Gasteiger partial charge in [-0.15, -0.1) is 11.3 Å². The Morgan fingerprint density at radius 2 is 2.14 bits per heavy atom. The number of nitrogens with zero attached hydrogens (tertiary/aromatic N) is 4. The van der Waals surface area contributed by atoms with Crippen LogP contribution in [0.4, 0.5) is 5.69 Å². The zero-order valence-corrected chi connectivity index (χ0v) is 12.8. The van der Waals surface area contributed by atoms with Crippen LogP contribution < -0.4 is 5.73 Å². The first-order valence-electron chi connectivity index (χ1n) is 6.78. The number of nitrogens with two attached hydrogens (primary N) is 1. The summed E-state index contributed by atoms with van der Waals surface area (Å²) in [5.41, 5.74) is 8.42. The largest absolute Gasteiger partial charge is 0.444 e. The molecule has 0 bridgehead atoms. The second-order valence-electron chi connectivity index (χ2n) is 4.77. The average Bonchev–Trinajstić information content (AvgIpc) is 3.19. The summed E-state index contributed by atoms with van der Waals surface area (Å²) in [6, 6.07) is 7.57. The summed E-state index contributed by atoms with van der Waals surface area (Å²) in [5.74, 6) is 0.731. The zero-order valence-electron chi connectivity index (χ0n) is 12.0. The SMILES string of the molecule is CC(N)c1csc(CN=Nc2ccc(-c3cnco3)cc2)n1. The van der Waals surface area contributed by atoms with Crippen LogP contribution in [0.3, 0.4) is 0 Å². The summed E-state index contributed by atoms with van der Waals surface area (Å²) in [7, 11) is 0. The first-order valence-corrected chi connectivity index (χ1v) is 7.66. The van der Waals surface area contributed by atoms with Gasteiger partial charge in [0.1, 0.15) is 11.6 Å². The fourth-order valence-electron chi connectivity index (χ4n) is 1.84. The highest BCUT2D eigenvalue weighted by molar-refractivity contribution is 7.09. The number of aromatic nitrogens is 2. The van der Waals surface area contributed by atoms with Gasteiger partial charge in [-0.25, -0.2) is 9.97 Å². The molecule has 0 spiro atoms. The molecular weight excluding hydrogens is 298 g/mol. The van der Waals surface area contributed by atoms with E-state index in [4.69, 9.17) is 10.2 Å². The molecule has 0 saturated heterocycles. The molecule has 2 aromatic heterocycles. The van der Waals surface area contributed by atoms with Gasteiger partial charge in [-0.3, -0.25) is 0 Å². The molecule has 112 valence electrons. The molecular formula is C15H15N5OS. The Morgan fingerprint density at radius 3 is 2.77 bits per heavy atom. The van der Waals surface area contributed by atoms with E-state index in [1.165, 1.54) is 6.39 Å². The number of azo groups is 1. The maximum Gasteiger partial charge on any atom is 0.181 e. The Bertz CT molecular complexity index is 747. The number of thiazole rings is 1. The lowest BCUT2D eigenvalue weighted by molar-refractivity contribution is 0.572. The van der Waals surface area contributed by atoms with Gasteiger partial charge in [0.05, 0.1) is 17.6 Å². The third kappa shape index (κ3) is 3.44. The average molecular weight is 313 g/mol. The Labute approximate surface area is 131 Å². The van der Waals surface area contributed by atoms with Crippen molar-refractivity contribution in [2.75, 3.05) is 0 Å². The molecule has 2 N–H and O–H groups in total. The second-order valence-corrected chi connectivity index (χ2v) is 5.71. The molecule has 2 heterocycles. The summed E-state index contributed by atoms with van der Waals surface area (Å²) < 4.78 is 5.24. The third-order valence-electron chi connectivity index (χ3n) is 3.01. The molecule has 3 rings (SSSR count). The van der Waals surface area contributed by atoms with Gasteiger partial charge in [0, 0.05) is 17.0 Å². The van der Waals surface area contributed by atoms with Gasteiger partial charge in [0.2, 0.25) is 0 Å². The molecule has 0 aliphatic carbocycles. The topological polar surface area (TPSA) is 89.7 Å². The maximum atomic E-state index is 5.78. The van der Waals surface area contributed by atoms with Crippen molar-refractivity contribution >= 4 is 17.0 Å². The van der Waals surface area contributed by atoms with Crippen molar-refractivity contribution in [3.05, 3.63) is 52.9 Å². The fourth-order valence-corrected chi connectivity index (χ4v) is 2.65. The predicted molar refractivity (Wildman–Crippen MR) is 84.9 cm³/mol. The van der Waals surface area contributed by atoms with Gasteiger partial charge in [-0.1, -0.05) is 0 Å². The van der Waals surface area contributed by atoms with E-state index in [9.17, 15) is 0 Å². The third-order valence-corrected chi connectivity index (χ3v) is 3.86. The molecule has 3 aromatic rings. The van der Waals surface area contributed by atoms with Crippen molar-refractivity contribution in [2.45, 2.75) is 19.5 Å². The minimum Gasteiger partial charge on any atom is -0.444 e. The molecule has 0 saturated carbocycles. The van der Waals surface area contributed by atoms with E-state index in [1.54, 1.807) is 17.5 Å². The van der Waals surface area contributed by atoms with E-state index >= 15 is 0 Å². The van der Waals surface area contributed by atoms with Crippen LogP contribution in [0.5, 0.6) is 0 Å². The van der Waals surface area contributed by atoms with E-state index < -0.39 is 0 Å². The Hall–Kier alpha value is -2.38. The number of benzene rings is 1. The lowest BCUT2D eigenvalue weighted by Crippen LogP contribution is -2.05. The van der Waals surface area contributed by atoms with E-state index in [2.05, 4.69) is 20.2 Å².